The fourth-order valence-corrected chi connectivity index (χ4v) is 1.72. The van der Waals surface area contributed by atoms with Gasteiger partial charge in [-0.05, 0) is 10.8 Å². The summed E-state index contributed by atoms with van der Waals surface area (Å²) in [5, 5.41) is 2.62. The number of benzene rings is 2. The third-order valence-corrected chi connectivity index (χ3v) is 2.84. The summed E-state index contributed by atoms with van der Waals surface area (Å²) in [6.07, 6.45) is 0. The molecule has 0 unspecified atom stereocenters. The van der Waals surface area contributed by atoms with Crippen LogP contribution < -0.4 is 0 Å². The second kappa shape index (κ2) is 6.34. The van der Waals surface area contributed by atoms with Crippen molar-refractivity contribution in [3.63, 3.8) is 0 Å². The summed E-state index contributed by atoms with van der Waals surface area (Å²) in [5.41, 5.74) is 0. The first-order valence-electron chi connectivity index (χ1n) is 6.07. The molecule has 0 aliphatic heterocycles. The second-order valence-corrected chi connectivity index (χ2v) is 4.26. The minimum atomic E-state index is -2.20. The van der Waals surface area contributed by atoms with Gasteiger partial charge in [0.05, 0.1) is 0 Å². The molecule has 1 aliphatic carbocycles. The van der Waals surface area contributed by atoms with Crippen LogP contribution in [-0.4, -0.2) is 11.6 Å². The van der Waals surface area contributed by atoms with E-state index < -0.39 is 34.9 Å². The van der Waals surface area contributed by atoms with Gasteiger partial charge in [-0.25, -0.2) is 0 Å². The van der Waals surface area contributed by atoms with Gasteiger partial charge in [0.25, 0.3) is 11.6 Å². The first-order valence-corrected chi connectivity index (χ1v) is 6.07. The third kappa shape index (κ3) is 2.95. The van der Waals surface area contributed by atoms with Gasteiger partial charge in [-0.2, -0.15) is 17.6 Å². The molecule has 3 rings (SSSR count). The number of allylic oxidation sites excluding steroid dienone is 4. The highest BCUT2D eigenvalue weighted by Gasteiger charge is 2.36. The first kappa shape index (κ1) is 15.6. The van der Waals surface area contributed by atoms with Crippen LogP contribution in [0.25, 0.3) is 10.8 Å². The van der Waals surface area contributed by atoms with Gasteiger partial charge >= 0.3 is 0 Å². The van der Waals surface area contributed by atoms with Gasteiger partial charge in [0.15, 0.2) is 0 Å². The van der Waals surface area contributed by atoms with Crippen LogP contribution in [0, 0.1) is 0 Å². The standard InChI is InChI=1S/C10H8.C6F4O2/c1-2-6-10-8-4-3-7-9(10)5-1;7-1-2(8)6(12)4(10)3(9)5(1)11/h1-8H;. The fraction of sp³-hybridized carbons (Fsp3) is 0. The van der Waals surface area contributed by atoms with Gasteiger partial charge in [-0.1, -0.05) is 48.5 Å². The minimum absolute atomic E-state index is 1.31. The van der Waals surface area contributed by atoms with Gasteiger partial charge in [0.2, 0.25) is 23.3 Å². The number of halogens is 4. The van der Waals surface area contributed by atoms with E-state index in [4.69, 9.17) is 0 Å². The van der Waals surface area contributed by atoms with Gasteiger partial charge in [0.1, 0.15) is 0 Å². The van der Waals surface area contributed by atoms with Crippen molar-refractivity contribution in [3.05, 3.63) is 71.8 Å². The maximum atomic E-state index is 12.1. The SMILES string of the molecule is O=C1C(F)=C(F)C(=O)C(F)=C1F.c1ccc2ccccc2c1. The molecule has 2 nitrogen and oxygen atoms in total. The summed E-state index contributed by atoms with van der Waals surface area (Å²) in [6, 6.07) is 16.7. The highest BCUT2D eigenvalue weighted by Crippen LogP contribution is 2.27. The Kier molecular flexibility index (Phi) is 4.50. The Bertz CT molecular complexity index is 694. The summed E-state index contributed by atoms with van der Waals surface area (Å²) >= 11 is 0. The summed E-state index contributed by atoms with van der Waals surface area (Å²) in [7, 11) is 0. The Hall–Kier alpha value is -2.76. The normalized spacial score (nSPS) is 15.1. The number of ketones is 2. The molecule has 0 saturated carbocycles. The lowest BCUT2D eigenvalue weighted by Gasteiger charge is -2.03. The predicted octanol–water partition coefficient (Wildman–Crippen LogP) is 4.28. The third-order valence-electron chi connectivity index (χ3n) is 2.84. The van der Waals surface area contributed by atoms with Crippen LogP contribution in [-0.2, 0) is 9.59 Å². The molecular formula is C16H8F4O2. The van der Waals surface area contributed by atoms with E-state index in [0.29, 0.717) is 0 Å². The van der Waals surface area contributed by atoms with E-state index in [1.807, 2.05) is 0 Å². The molecule has 1 aliphatic rings. The van der Waals surface area contributed by atoms with Crippen LogP contribution in [0.3, 0.4) is 0 Å². The summed E-state index contributed by atoms with van der Waals surface area (Å²) in [4.78, 5) is 20.4. The molecule has 0 N–H and O–H groups in total. The Labute approximate surface area is 122 Å². The van der Waals surface area contributed by atoms with E-state index in [2.05, 4.69) is 48.5 Å². The summed E-state index contributed by atoms with van der Waals surface area (Å²) in [6.45, 7) is 0. The molecule has 0 aromatic heterocycles. The van der Waals surface area contributed by atoms with E-state index in [1.165, 1.54) is 10.8 Å². The number of carbonyl (C=O) groups is 2. The smallest absolute Gasteiger partial charge is 0.256 e. The van der Waals surface area contributed by atoms with Crippen molar-refractivity contribution < 1.29 is 27.2 Å². The highest BCUT2D eigenvalue weighted by molar-refractivity contribution is 6.21. The maximum Gasteiger partial charge on any atom is 0.256 e. The number of fused-ring (bicyclic) bond motifs is 1. The lowest BCUT2D eigenvalue weighted by atomic mass is 10.1. The van der Waals surface area contributed by atoms with Gasteiger partial charge in [-0.15, -0.1) is 0 Å². The molecule has 2 aromatic rings. The molecule has 0 spiro atoms. The Balaban J connectivity index is 0.000000162. The average molecular weight is 308 g/mol. The van der Waals surface area contributed by atoms with Crippen LogP contribution in [0.2, 0.25) is 0 Å². The summed E-state index contributed by atoms with van der Waals surface area (Å²) < 4.78 is 48.6. The number of hydrogen-bond donors (Lipinski definition) is 0. The van der Waals surface area contributed by atoms with Crippen molar-refractivity contribution in [2.45, 2.75) is 0 Å². The Morgan fingerprint density at radius 1 is 0.500 bits per heavy atom. The summed E-state index contributed by atoms with van der Waals surface area (Å²) in [5.74, 6) is -12.9. The van der Waals surface area contributed by atoms with E-state index >= 15 is 0 Å². The van der Waals surface area contributed by atoms with Crippen LogP contribution in [0.4, 0.5) is 17.6 Å². The van der Waals surface area contributed by atoms with Gasteiger partial charge < -0.3 is 0 Å². The zero-order valence-electron chi connectivity index (χ0n) is 10.9. The molecule has 0 fully saturated rings. The van der Waals surface area contributed by atoms with Crippen molar-refractivity contribution >= 4 is 22.3 Å². The highest BCUT2D eigenvalue weighted by atomic mass is 19.2. The molecule has 0 bridgehead atoms. The van der Waals surface area contributed by atoms with Crippen molar-refractivity contribution in [1.29, 1.82) is 0 Å². The Morgan fingerprint density at radius 2 is 0.727 bits per heavy atom. The maximum absolute atomic E-state index is 12.1. The average Bonchev–Trinajstić information content (AvgIpc) is 2.57. The zero-order chi connectivity index (χ0) is 16.3. The monoisotopic (exact) mass is 308 g/mol. The molecule has 0 heterocycles. The number of rotatable bonds is 0. The van der Waals surface area contributed by atoms with E-state index in [0.717, 1.165) is 0 Å². The van der Waals surface area contributed by atoms with Crippen LogP contribution in [0.1, 0.15) is 0 Å². The minimum Gasteiger partial charge on any atom is -0.283 e. The van der Waals surface area contributed by atoms with Gasteiger partial charge in [0, 0.05) is 0 Å². The number of hydrogen-bond acceptors (Lipinski definition) is 2. The molecule has 0 saturated heterocycles. The molecular weight excluding hydrogens is 300 g/mol. The molecule has 6 heteroatoms. The second-order valence-electron chi connectivity index (χ2n) is 4.26. The van der Waals surface area contributed by atoms with Crippen LogP contribution >= 0.6 is 0 Å². The molecule has 112 valence electrons. The van der Waals surface area contributed by atoms with Crippen molar-refractivity contribution in [2.24, 2.45) is 0 Å². The fourth-order valence-electron chi connectivity index (χ4n) is 1.72. The first-order chi connectivity index (χ1) is 10.4. The molecule has 0 radical (unpaired) electrons. The number of carbonyl (C=O) groups excluding carboxylic acids is 2. The molecule has 22 heavy (non-hydrogen) atoms. The Morgan fingerprint density at radius 3 is 0.955 bits per heavy atom. The molecule has 0 amide bonds. The van der Waals surface area contributed by atoms with E-state index in [9.17, 15) is 27.2 Å². The van der Waals surface area contributed by atoms with Gasteiger partial charge in [-0.3, -0.25) is 9.59 Å². The topological polar surface area (TPSA) is 34.1 Å². The van der Waals surface area contributed by atoms with E-state index in [1.54, 1.807) is 0 Å². The van der Waals surface area contributed by atoms with Crippen molar-refractivity contribution in [2.75, 3.05) is 0 Å². The van der Waals surface area contributed by atoms with E-state index in [-0.39, 0.29) is 0 Å². The zero-order valence-corrected chi connectivity index (χ0v) is 10.9. The largest absolute Gasteiger partial charge is 0.283 e. The lowest BCUT2D eigenvalue weighted by molar-refractivity contribution is -0.120. The van der Waals surface area contributed by atoms with Crippen LogP contribution in [0.15, 0.2) is 71.8 Å². The number of Topliss-reactive ketones (excluding diaryl/α,β-unsaturated/α-hetero) is 2. The van der Waals surface area contributed by atoms with Crippen molar-refractivity contribution in [3.8, 4) is 0 Å². The van der Waals surface area contributed by atoms with Crippen molar-refractivity contribution in [1.82, 2.24) is 0 Å². The molecule has 0 atom stereocenters. The van der Waals surface area contributed by atoms with Crippen LogP contribution in [0.5, 0.6) is 0 Å². The molecule has 2 aromatic carbocycles. The predicted molar refractivity (Wildman–Crippen MR) is 72.4 cm³/mol. The quantitative estimate of drug-likeness (QED) is 0.538. The lowest BCUT2D eigenvalue weighted by Crippen LogP contribution is -2.16.